The smallest absolute Gasteiger partial charge is 0.306 e. The van der Waals surface area contributed by atoms with Gasteiger partial charge in [0.15, 0.2) is 0 Å². The minimum atomic E-state index is -0.732. The predicted octanol–water partition coefficient (Wildman–Crippen LogP) is 1.08. The quantitative estimate of drug-likeness (QED) is 0.589. The molecule has 1 heterocycles. The molecule has 2 aromatic rings. The zero-order chi connectivity index (χ0) is 15.2. The van der Waals surface area contributed by atoms with E-state index in [1.54, 1.807) is 12.1 Å². The first-order chi connectivity index (χ1) is 10.0. The van der Waals surface area contributed by atoms with Crippen molar-refractivity contribution in [1.29, 1.82) is 0 Å². The molecule has 0 aliphatic heterocycles. The van der Waals surface area contributed by atoms with Gasteiger partial charge in [0.1, 0.15) is 18.2 Å². The Balaban J connectivity index is 1.75. The first-order valence-electron chi connectivity index (χ1n) is 6.34. The summed E-state index contributed by atoms with van der Waals surface area (Å²) in [5, 5.41) is 27.1. The molecule has 112 valence electrons. The summed E-state index contributed by atoms with van der Waals surface area (Å²) >= 11 is 0. The number of halogens is 1. The zero-order valence-corrected chi connectivity index (χ0v) is 11.1. The SMILES string of the molecule is O=[N+]([O-])c1cnn(CC(O)CNCc2ccc(F)cc2)c1. The Morgan fingerprint density at radius 3 is 2.76 bits per heavy atom. The third kappa shape index (κ3) is 4.62. The second-order valence-corrected chi connectivity index (χ2v) is 4.59. The van der Waals surface area contributed by atoms with Gasteiger partial charge in [0.05, 0.1) is 17.6 Å². The average Bonchev–Trinajstić information content (AvgIpc) is 2.90. The Bertz CT molecular complexity index is 600. The van der Waals surface area contributed by atoms with Crippen LogP contribution in [0.2, 0.25) is 0 Å². The molecule has 0 spiro atoms. The molecule has 8 heteroatoms. The summed E-state index contributed by atoms with van der Waals surface area (Å²) in [6.07, 6.45) is 1.67. The molecule has 1 aromatic heterocycles. The summed E-state index contributed by atoms with van der Waals surface area (Å²) in [5.74, 6) is -0.293. The van der Waals surface area contributed by atoms with Gasteiger partial charge in [-0.15, -0.1) is 0 Å². The van der Waals surface area contributed by atoms with Crippen molar-refractivity contribution in [3.05, 3.63) is 58.2 Å². The Hall–Kier alpha value is -2.32. The Morgan fingerprint density at radius 1 is 1.43 bits per heavy atom. The van der Waals surface area contributed by atoms with E-state index in [0.29, 0.717) is 13.1 Å². The fraction of sp³-hybridized carbons (Fsp3) is 0.308. The molecule has 0 saturated heterocycles. The number of nitrogens with one attached hydrogen (secondary N) is 1. The molecule has 0 amide bonds. The van der Waals surface area contributed by atoms with Crippen LogP contribution in [0.3, 0.4) is 0 Å². The molecule has 1 unspecified atom stereocenters. The van der Waals surface area contributed by atoms with Crippen molar-refractivity contribution in [3.8, 4) is 0 Å². The van der Waals surface area contributed by atoms with E-state index in [-0.39, 0.29) is 18.0 Å². The highest BCUT2D eigenvalue weighted by Gasteiger charge is 2.11. The van der Waals surface area contributed by atoms with E-state index >= 15 is 0 Å². The molecule has 1 aromatic carbocycles. The highest BCUT2D eigenvalue weighted by atomic mass is 19.1. The molecule has 21 heavy (non-hydrogen) atoms. The van der Waals surface area contributed by atoms with Crippen LogP contribution in [0, 0.1) is 15.9 Å². The second kappa shape index (κ2) is 6.91. The summed E-state index contributed by atoms with van der Waals surface area (Å²) in [5.41, 5.74) is 0.791. The standard InChI is InChI=1S/C13H15FN4O3/c14-11-3-1-10(2-4-11)5-15-7-13(19)9-17-8-12(6-16-17)18(20)21/h1-4,6,8,13,15,19H,5,7,9H2. The largest absolute Gasteiger partial charge is 0.390 e. The molecule has 0 radical (unpaired) electrons. The third-order valence-electron chi connectivity index (χ3n) is 2.85. The van der Waals surface area contributed by atoms with Crippen LogP contribution in [0.1, 0.15) is 5.56 Å². The van der Waals surface area contributed by atoms with E-state index in [9.17, 15) is 19.6 Å². The van der Waals surface area contributed by atoms with Crippen LogP contribution >= 0.6 is 0 Å². The fourth-order valence-electron chi connectivity index (χ4n) is 1.81. The number of nitro groups is 1. The number of benzene rings is 1. The maximum Gasteiger partial charge on any atom is 0.306 e. The summed E-state index contributed by atoms with van der Waals surface area (Å²) < 4.78 is 14.0. The third-order valence-corrected chi connectivity index (χ3v) is 2.85. The lowest BCUT2D eigenvalue weighted by Crippen LogP contribution is -2.30. The van der Waals surface area contributed by atoms with Crippen LogP contribution in [0.25, 0.3) is 0 Å². The number of hydrogen-bond donors (Lipinski definition) is 2. The van der Waals surface area contributed by atoms with Gasteiger partial charge < -0.3 is 10.4 Å². The highest BCUT2D eigenvalue weighted by molar-refractivity contribution is 5.20. The molecule has 7 nitrogen and oxygen atoms in total. The van der Waals surface area contributed by atoms with Crippen LogP contribution in [-0.2, 0) is 13.1 Å². The summed E-state index contributed by atoms with van der Waals surface area (Å²) in [6.45, 7) is 0.950. The van der Waals surface area contributed by atoms with Crippen molar-refractivity contribution in [2.75, 3.05) is 6.54 Å². The van der Waals surface area contributed by atoms with Crippen molar-refractivity contribution in [3.63, 3.8) is 0 Å². The first-order valence-corrected chi connectivity index (χ1v) is 6.34. The molecule has 0 fully saturated rings. The number of aliphatic hydroxyl groups is 1. The Labute approximate surface area is 120 Å². The van der Waals surface area contributed by atoms with Crippen LogP contribution in [0.5, 0.6) is 0 Å². The lowest BCUT2D eigenvalue weighted by Gasteiger charge is -2.11. The van der Waals surface area contributed by atoms with Gasteiger partial charge in [-0.1, -0.05) is 12.1 Å². The van der Waals surface area contributed by atoms with Crippen molar-refractivity contribution >= 4 is 5.69 Å². The molecule has 0 bridgehead atoms. The maximum absolute atomic E-state index is 12.7. The lowest BCUT2D eigenvalue weighted by atomic mass is 10.2. The average molecular weight is 294 g/mol. The van der Waals surface area contributed by atoms with Crippen LogP contribution in [0.15, 0.2) is 36.7 Å². The molecule has 0 aliphatic rings. The number of nitrogens with zero attached hydrogens (tertiary/aromatic N) is 3. The highest BCUT2D eigenvalue weighted by Crippen LogP contribution is 2.08. The van der Waals surface area contributed by atoms with Gasteiger partial charge in [0.25, 0.3) is 0 Å². The van der Waals surface area contributed by atoms with Gasteiger partial charge in [0, 0.05) is 13.1 Å². The lowest BCUT2D eigenvalue weighted by molar-refractivity contribution is -0.385. The van der Waals surface area contributed by atoms with Crippen molar-refractivity contribution in [2.24, 2.45) is 0 Å². The normalized spacial score (nSPS) is 12.3. The van der Waals surface area contributed by atoms with Gasteiger partial charge in [-0.25, -0.2) is 4.39 Å². The van der Waals surface area contributed by atoms with Gasteiger partial charge in [0.2, 0.25) is 0 Å². The van der Waals surface area contributed by atoms with E-state index in [1.165, 1.54) is 23.0 Å². The van der Waals surface area contributed by atoms with Crippen LogP contribution in [0.4, 0.5) is 10.1 Å². The number of aliphatic hydroxyl groups excluding tert-OH is 1. The van der Waals surface area contributed by atoms with Gasteiger partial charge >= 0.3 is 5.69 Å². The van der Waals surface area contributed by atoms with Crippen molar-refractivity contribution in [1.82, 2.24) is 15.1 Å². The summed E-state index contributed by atoms with van der Waals surface area (Å²) in [6, 6.07) is 6.06. The molecule has 1 atom stereocenters. The minimum absolute atomic E-state index is 0.110. The van der Waals surface area contributed by atoms with Crippen molar-refractivity contribution in [2.45, 2.75) is 19.2 Å². The van der Waals surface area contributed by atoms with Gasteiger partial charge in [-0.05, 0) is 17.7 Å². The van der Waals surface area contributed by atoms with E-state index in [0.717, 1.165) is 11.8 Å². The zero-order valence-electron chi connectivity index (χ0n) is 11.1. The molecule has 2 rings (SSSR count). The number of rotatable bonds is 7. The first kappa shape index (κ1) is 15.1. The van der Waals surface area contributed by atoms with Crippen LogP contribution in [-0.4, -0.2) is 32.5 Å². The van der Waals surface area contributed by atoms with E-state index < -0.39 is 11.0 Å². The topological polar surface area (TPSA) is 93.2 Å². The summed E-state index contributed by atoms with van der Waals surface area (Å²) in [7, 11) is 0. The monoisotopic (exact) mass is 294 g/mol. The number of aromatic nitrogens is 2. The molecule has 0 saturated carbocycles. The Kier molecular flexibility index (Phi) is 4.96. The fourth-order valence-corrected chi connectivity index (χ4v) is 1.81. The molecule has 0 aliphatic carbocycles. The molecular weight excluding hydrogens is 279 g/mol. The second-order valence-electron chi connectivity index (χ2n) is 4.59. The van der Waals surface area contributed by atoms with E-state index in [1.807, 2.05) is 0 Å². The van der Waals surface area contributed by atoms with Gasteiger partial charge in [-0.3, -0.25) is 14.8 Å². The maximum atomic E-state index is 12.7. The van der Waals surface area contributed by atoms with E-state index in [4.69, 9.17) is 0 Å². The number of hydrogen-bond acceptors (Lipinski definition) is 5. The predicted molar refractivity (Wildman–Crippen MR) is 73.0 cm³/mol. The molecule has 2 N–H and O–H groups in total. The minimum Gasteiger partial charge on any atom is -0.390 e. The van der Waals surface area contributed by atoms with E-state index in [2.05, 4.69) is 10.4 Å². The van der Waals surface area contributed by atoms with Crippen LogP contribution < -0.4 is 5.32 Å². The van der Waals surface area contributed by atoms with Crippen molar-refractivity contribution < 1.29 is 14.4 Å². The Morgan fingerprint density at radius 2 is 2.14 bits per heavy atom. The summed E-state index contributed by atoms with van der Waals surface area (Å²) in [4.78, 5) is 9.96. The molecular formula is C13H15FN4O3. The van der Waals surface area contributed by atoms with Gasteiger partial charge in [-0.2, -0.15) is 5.10 Å².